The Hall–Kier alpha value is -2.69. The van der Waals surface area contributed by atoms with Crippen molar-refractivity contribution in [2.24, 2.45) is 5.41 Å². The summed E-state index contributed by atoms with van der Waals surface area (Å²) in [6.07, 6.45) is 1.52. The quantitative estimate of drug-likeness (QED) is 0.628. The van der Waals surface area contributed by atoms with Crippen LogP contribution < -0.4 is 9.47 Å². The SMILES string of the molecule is COc1ccc(-c2ccc3c(n2)CCC(C)(C)C3=O)c(OC(C)=O)c1. The molecule has 0 N–H and O–H groups in total. The van der Waals surface area contributed by atoms with Crippen LogP contribution in [0.4, 0.5) is 0 Å². The molecule has 3 rings (SSSR count). The van der Waals surface area contributed by atoms with Gasteiger partial charge in [0.25, 0.3) is 0 Å². The number of aryl methyl sites for hydroxylation is 1. The first kappa shape index (κ1) is 17.1. The lowest BCUT2D eigenvalue weighted by atomic mass is 9.75. The summed E-state index contributed by atoms with van der Waals surface area (Å²) in [6, 6.07) is 8.87. The van der Waals surface area contributed by atoms with E-state index in [4.69, 9.17) is 9.47 Å². The highest BCUT2D eigenvalue weighted by atomic mass is 16.5. The molecule has 0 spiro atoms. The van der Waals surface area contributed by atoms with Crippen molar-refractivity contribution in [1.29, 1.82) is 0 Å². The van der Waals surface area contributed by atoms with Gasteiger partial charge in [-0.05, 0) is 37.1 Å². The van der Waals surface area contributed by atoms with Crippen LogP contribution in [-0.4, -0.2) is 23.8 Å². The molecule has 0 saturated carbocycles. The van der Waals surface area contributed by atoms with Crippen LogP contribution in [0.2, 0.25) is 0 Å². The van der Waals surface area contributed by atoms with Gasteiger partial charge in [-0.15, -0.1) is 0 Å². The Bertz CT molecular complexity index is 855. The van der Waals surface area contributed by atoms with E-state index in [0.717, 1.165) is 18.5 Å². The molecule has 0 atom stereocenters. The number of esters is 1. The van der Waals surface area contributed by atoms with Gasteiger partial charge in [0.2, 0.25) is 0 Å². The van der Waals surface area contributed by atoms with Crippen molar-refractivity contribution >= 4 is 11.8 Å². The van der Waals surface area contributed by atoms with E-state index in [1.165, 1.54) is 6.92 Å². The van der Waals surface area contributed by atoms with Crippen LogP contribution in [0.1, 0.15) is 43.2 Å². The zero-order valence-corrected chi connectivity index (χ0v) is 14.9. The number of pyridine rings is 1. The van der Waals surface area contributed by atoms with E-state index in [0.29, 0.717) is 28.3 Å². The smallest absolute Gasteiger partial charge is 0.308 e. The Kier molecular flexibility index (Phi) is 4.33. The van der Waals surface area contributed by atoms with Gasteiger partial charge in [-0.1, -0.05) is 13.8 Å². The monoisotopic (exact) mass is 339 g/mol. The lowest BCUT2D eigenvalue weighted by molar-refractivity contribution is -0.131. The largest absolute Gasteiger partial charge is 0.497 e. The van der Waals surface area contributed by atoms with Crippen LogP contribution >= 0.6 is 0 Å². The minimum Gasteiger partial charge on any atom is -0.497 e. The minimum atomic E-state index is -0.413. The number of carbonyl (C=O) groups excluding carboxylic acids is 2. The molecular weight excluding hydrogens is 318 g/mol. The van der Waals surface area contributed by atoms with E-state index in [1.54, 1.807) is 31.4 Å². The lowest BCUT2D eigenvalue weighted by Gasteiger charge is -2.29. The Morgan fingerprint density at radius 2 is 1.88 bits per heavy atom. The standard InChI is InChI=1S/C20H21NO4/c1-12(22)25-18-11-13(24-4)5-6-14(18)16-8-7-15-17(21-16)9-10-20(2,3)19(15)23/h5-8,11H,9-10H2,1-4H3. The molecule has 0 saturated heterocycles. The van der Waals surface area contributed by atoms with Gasteiger partial charge in [0, 0.05) is 29.5 Å². The molecule has 0 fully saturated rings. The number of rotatable bonds is 3. The maximum absolute atomic E-state index is 12.6. The summed E-state index contributed by atoms with van der Waals surface area (Å²) >= 11 is 0. The highest BCUT2D eigenvalue weighted by Crippen LogP contribution is 2.37. The molecule has 1 aromatic heterocycles. The minimum absolute atomic E-state index is 0.128. The number of hydrogen-bond donors (Lipinski definition) is 0. The number of nitrogens with zero attached hydrogens (tertiary/aromatic N) is 1. The molecule has 0 amide bonds. The van der Waals surface area contributed by atoms with Gasteiger partial charge in [0.1, 0.15) is 11.5 Å². The third kappa shape index (κ3) is 3.27. The van der Waals surface area contributed by atoms with Gasteiger partial charge < -0.3 is 9.47 Å². The fourth-order valence-electron chi connectivity index (χ4n) is 3.04. The second-order valence-electron chi connectivity index (χ2n) is 6.86. The fraction of sp³-hybridized carbons (Fsp3) is 0.350. The number of ether oxygens (including phenoxy) is 2. The first-order valence-corrected chi connectivity index (χ1v) is 8.23. The topological polar surface area (TPSA) is 65.5 Å². The van der Waals surface area contributed by atoms with E-state index in [1.807, 2.05) is 19.9 Å². The summed E-state index contributed by atoms with van der Waals surface area (Å²) in [5.41, 5.74) is 2.49. The molecule has 1 heterocycles. The van der Waals surface area contributed by atoms with Crippen molar-refractivity contribution in [3.63, 3.8) is 0 Å². The van der Waals surface area contributed by atoms with Gasteiger partial charge in [-0.25, -0.2) is 0 Å². The number of hydrogen-bond acceptors (Lipinski definition) is 5. The number of aromatic nitrogens is 1. The summed E-state index contributed by atoms with van der Waals surface area (Å²) in [5, 5.41) is 0. The molecule has 1 aliphatic carbocycles. The van der Waals surface area contributed by atoms with E-state index >= 15 is 0 Å². The average molecular weight is 339 g/mol. The fourth-order valence-corrected chi connectivity index (χ4v) is 3.04. The number of fused-ring (bicyclic) bond motifs is 1. The number of benzene rings is 1. The van der Waals surface area contributed by atoms with E-state index < -0.39 is 5.97 Å². The van der Waals surface area contributed by atoms with Crippen LogP contribution in [0.15, 0.2) is 30.3 Å². The van der Waals surface area contributed by atoms with Gasteiger partial charge in [-0.3, -0.25) is 14.6 Å². The maximum Gasteiger partial charge on any atom is 0.308 e. The van der Waals surface area contributed by atoms with Crippen molar-refractivity contribution in [2.75, 3.05) is 7.11 Å². The molecule has 1 aliphatic rings. The zero-order valence-electron chi connectivity index (χ0n) is 14.9. The summed E-state index contributed by atoms with van der Waals surface area (Å²) in [7, 11) is 1.55. The van der Waals surface area contributed by atoms with Gasteiger partial charge in [0.05, 0.1) is 18.5 Å². The lowest BCUT2D eigenvalue weighted by Crippen LogP contribution is -2.31. The second kappa shape index (κ2) is 6.31. The summed E-state index contributed by atoms with van der Waals surface area (Å²) < 4.78 is 10.5. The number of ketones is 1. The van der Waals surface area contributed by atoms with E-state index in [9.17, 15) is 9.59 Å². The van der Waals surface area contributed by atoms with Gasteiger partial charge in [0.15, 0.2) is 5.78 Å². The van der Waals surface area contributed by atoms with E-state index in [2.05, 4.69) is 4.98 Å². The van der Waals surface area contributed by atoms with Crippen LogP contribution in [0.5, 0.6) is 11.5 Å². The Morgan fingerprint density at radius 1 is 1.16 bits per heavy atom. The number of methoxy groups -OCH3 is 1. The second-order valence-corrected chi connectivity index (χ2v) is 6.86. The van der Waals surface area contributed by atoms with Crippen molar-refractivity contribution in [3.05, 3.63) is 41.6 Å². The predicted molar refractivity (Wildman–Crippen MR) is 94.0 cm³/mol. The van der Waals surface area contributed by atoms with Crippen molar-refractivity contribution in [1.82, 2.24) is 4.98 Å². The van der Waals surface area contributed by atoms with E-state index in [-0.39, 0.29) is 11.2 Å². The van der Waals surface area contributed by atoms with Crippen LogP contribution in [0.25, 0.3) is 11.3 Å². The van der Waals surface area contributed by atoms with Crippen LogP contribution in [0.3, 0.4) is 0 Å². The van der Waals surface area contributed by atoms with Crippen LogP contribution in [0, 0.1) is 5.41 Å². The summed E-state index contributed by atoms with van der Waals surface area (Å²) in [4.78, 5) is 28.6. The van der Waals surface area contributed by atoms with Gasteiger partial charge in [-0.2, -0.15) is 0 Å². The van der Waals surface area contributed by atoms with Crippen molar-refractivity contribution in [3.8, 4) is 22.8 Å². The molecule has 0 aliphatic heterocycles. The highest BCUT2D eigenvalue weighted by molar-refractivity contribution is 6.02. The molecule has 130 valence electrons. The Morgan fingerprint density at radius 3 is 2.56 bits per heavy atom. The van der Waals surface area contributed by atoms with Gasteiger partial charge >= 0.3 is 5.97 Å². The first-order chi connectivity index (χ1) is 11.8. The third-order valence-corrected chi connectivity index (χ3v) is 4.54. The molecule has 2 aromatic rings. The number of Topliss-reactive ketones (excluding diaryl/α,β-unsaturated/α-hetero) is 1. The van der Waals surface area contributed by atoms with Crippen LogP contribution in [-0.2, 0) is 11.2 Å². The molecule has 0 radical (unpaired) electrons. The average Bonchev–Trinajstić information content (AvgIpc) is 2.57. The summed E-state index contributed by atoms with van der Waals surface area (Å²) in [5.74, 6) is 0.698. The molecule has 1 aromatic carbocycles. The molecule has 5 heteroatoms. The zero-order chi connectivity index (χ0) is 18.2. The number of carbonyl (C=O) groups is 2. The van der Waals surface area contributed by atoms with Crippen molar-refractivity contribution in [2.45, 2.75) is 33.6 Å². The maximum atomic E-state index is 12.6. The summed E-state index contributed by atoms with van der Waals surface area (Å²) in [6.45, 7) is 5.28. The molecule has 0 bridgehead atoms. The molecule has 25 heavy (non-hydrogen) atoms. The first-order valence-electron chi connectivity index (χ1n) is 8.23. The Labute approximate surface area is 147 Å². The molecule has 5 nitrogen and oxygen atoms in total. The highest BCUT2D eigenvalue weighted by Gasteiger charge is 2.35. The third-order valence-electron chi connectivity index (χ3n) is 4.54. The normalized spacial score (nSPS) is 15.4. The molecule has 0 unspecified atom stereocenters. The molecular formula is C20H21NO4. The Balaban J connectivity index is 2.06. The van der Waals surface area contributed by atoms with Crippen molar-refractivity contribution < 1.29 is 19.1 Å². The predicted octanol–water partition coefficient (Wildman–Crippen LogP) is 3.84.